The summed E-state index contributed by atoms with van der Waals surface area (Å²) in [4.78, 5) is 53.6. The Morgan fingerprint density at radius 3 is 1.83 bits per heavy atom. The summed E-state index contributed by atoms with van der Waals surface area (Å²) in [5.74, 6) is -1.17. The monoisotopic (exact) mass is 931 g/mol. The molecule has 59 heavy (non-hydrogen) atoms. The molecule has 10 nitrogen and oxygen atoms in total. The van der Waals surface area contributed by atoms with Crippen molar-refractivity contribution in [2.24, 2.45) is 5.16 Å². The predicted octanol–water partition coefficient (Wildman–Crippen LogP) is 8.32. The van der Waals surface area contributed by atoms with Gasteiger partial charge in [0.15, 0.2) is 16.9 Å². The first kappa shape index (κ1) is 40.0. The molecule has 3 heterocycles. The van der Waals surface area contributed by atoms with E-state index in [1.807, 2.05) is 115 Å². The van der Waals surface area contributed by atoms with Crippen LogP contribution in [0.5, 0.6) is 0 Å². The molecule has 2 aliphatic rings. The molecule has 1 saturated heterocycles. The number of thioether (sulfide) groups is 1. The minimum absolute atomic E-state index is 0.0923. The van der Waals surface area contributed by atoms with Crippen LogP contribution in [0.2, 0.25) is 0 Å². The summed E-state index contributed by atoms with van der Waals surface area (Å²) in [5.41, 5.74) is 4.94. The Morgan fingerprint density at radius 2 is 1.34 bits per heavy atom. The first-order chi connectivity index (χ1) is 28.9. The summed E-state index contributed by atoms with van der Waals surface area (Å²) >= 11 is 5.01. The number of β-lactam (4-membered cyclic amide) rings is 1. The van der Waals surface area contributed by atoms with Crippen molar-refractivity contribution in [3.8, 4) is 0 Å². The van der Waals surface area contributed by atoms with Gasteiger partial charge in [0.2, 0.25) is 0 Å². The van der Waals surface area contributed by atoms with E-state index in [1.165, 1.54) is 35.1 Å². The molecule has 1 fully saturated rings. The molecule has 2 N–H and O–H groups in total. The van der Waals surface area contributed by atoms with E-state index >= 15 is 0 Å². The molecule has 2 amide bonds. The Hall–Kier alpha value is -5.77. The van der Waals surface area contributed by atoms with E-state index in [4.69, 9.17) is 14.6 Å². The van der Waals surface area contributed by atoms with Crippen molar-refractivity contribution in [1.82, 2.24) is 15.2 Å². The van der Waals surface area contributed by atoms with Crippen LogP contribution in [0, 0.1) is 0 Å². The third-order valence-electron chi connectivity index (χ3n) is 10.2. The Bertz CT molecular complexity index is 2350. The molecular formula is C46H38IN5O5S2. The Kier molecular flexibility index (Phi) is 12.2. The highest BCUT2D eigenvalue weighted by Gasteiger charge is 2.55. The van der Waals surface area contributed by atoms with Crippen LogP contribution in [0.1, 0.15) is 39.6 Å². The van der Waals surface area contributed by atoms with Gasteiger partial charge in [-0.1, -0.05) is 179 Å². The lowest BCUT2D eigenvalue weighted by Crippen LogP contribution is -2.71. The van der Waals surface area contributed by atoms with Gasteiger partial charge in [0.25, 0.3) is 11.8 Å². The number of ether oxygens (including phenoxy) is 1. The highest BCUT2D eigenvalue weighted by atomic mass is 127. The minimum Gasteiger partial charge on any atom is -0.448 e. The van der Waals surface area contributed by atoms with Gasteiger partial charge in [0, 0.05) is 15.6 Å². The standard InChI is InChI=1S/C46H38IN5O5S2/c1-56-51-37(36-29-59-45(48-36)50-46(33-21-11-4-12-22-33,34-23-13-5-14-24-34)35-25-15-6-16-26-35)41(53)49-38-42(54)52-39(32(27-47)28-58-43(38)52)44(55)57-40(30-17-7-2-8-18-30)31-19-9-3-10-20-31/h2-26,29,38,40,43H,27-28H2,1H3,(H,48,50)(H,49,53)/t38-,43+/m1/s1. The van der Waals surface area contributed by atoms with Gasteiger partial charge in [-0.3, -0.25) is 14.5 Å². The first-order valence-corrected chi connectivity index (χ1v) is 22.2. The number of thiazole rings is 1. The number of nitrogens with one attached hydrogen (secondary N) is 2. The third-order valence-corrected chi connectivity index (χ3v) is 13.2. The Labute approximate surface area is 363 Å². The molecule has 13 heteroatoms. The van der Waals surface area contributed by atoms with Gasteiger partial charge in [-0.15, -0.1) is 23.1 Å². The quantitative estimate of drug-likeness (QED) is 0.0213. The van der Waals surface area contributed by atoms with E-state index in [0.29, 0.717) is 15.3 Å². The number of esters is 1. The van der Waals surface area contributed by atoms with Crippen LogP contribution in [0.3, 0.4) is 0 Å². The summed E-state index contributed by atoms with van der Waals surface area (Å²) < 4.78 is 6.74. The van der Waals surface area contributed by atoms with Crippen LogP contribution in [-0.2, 0) is 29.5 Å². The number of halogens is 1. The highest BCUT2D eigenvalue weighted by Crippen LogP contribution is 2.43. The minimum atomic E-state index is -0.926. The molecule has 1 aromatic heterocycles. The fraction of sp³-hybridized carbons (Fsp3) is 0.152. The zero-order chi connectivity index (χ0) is 40.8. The molecule has 296 valence electrons. The highest BCUT2D eigenvalue weighted by molar-refractivity contribution is 14.1. The number of hydrogen-bond acceptors (Lipinski definition) is 10. The lowest BCUT2D eigenvalue weighted by molar-refractivity contribution is -0.154. The third kappa shape index (κ3) is 8.01. The molecule has 0 bridgehead atoms. The maximum Gasteiger partial charge on any atom is 0.356 e. The van der Waals surface area contributed by atoms with Gasteiger partial charge in [-0.05, 0) is 33.4 Å². The SMILES string of the molecule is CON=C(C(=O)N[C@@H]1C(=O)N2C(C(=O)OC(c3ccccc3)c3ccccc3)=C(CI)CS[C@@H]12)c1csc(NC(c2ccccc2)(c2ccccc2)c2ccccc2)n1. The van der Waals surface area contributed by atoms with Crippen LogP contribution < -0.4 is 10.6 Å². The van der Waals surface area contributed by atoms with Gasteiger partial charge in [-0.2, -0.15) is 0 Å². The molecule has 0 aliphatic carbocycles. The number of amides is 2. The second-order valence-corrected chi connectivity index (χ2v) is 16.4. The number of aromatic nitrogens is 1. The van der Waals surface area contributed by atoms with Crippen LogP contribution in [0.4, 0.5) is 5.13 Å². The van der Waals surface area contributed by atoms with Gasteiger partial charge in [0.1, 0.15) is 35.5 Å². The molecule has 2 aliphatic heterocycles. The number of nitrogens with zero attached hydrogens (tertiary/aromatic N) is 3. The molecular weight excluding hydrogens is 894 g/mol. The number of alkyl halides is 1. The molecule has 5 aromatic carbocycles. The normalized spacial score (nSPS) is 16.6. The molecule has 2 atom stereocenters. The molecule has 6 aromatic rings. The molecule has 0 radical (unpaired) electrons. The number of benzene rings is 5. The molecule has 8 rings (SSSR count). The largest absolute Gasteiger partial charge is 0.448 e. The second-order valence-electron chi connectivity index (χ2n) is 13.7. The summed E-state index contributed by atoms with van der Waals surface area (Å²) in [6.07, 6.45) is -0.684. The summed E-state index contributed by atoms with van der Waals surface area (Å²) in [6.45, 7) is 0. The van der Waals surface area contributed by atoms with E-state index in [2.05, 4.69) is 74.8 Å². The number of carbonyl (C=O) groups excluding carboxylic acids is 3. The predicted molar refractivity (Wildman–Crippen MR) is 240 cm³/mol. The van der Waals surface area contributed by atoms with E-state index in [0.717, 1.165) is 33.4 Å². The van der Waals surface area contributed by atoms with E-state index in [1.54, 1.807) is 5.38 Å². The maximum atomic E-state index is 14.1. The topological polar surface area (TPSA) is 122 Å². The number of carbonyl (C=O) groups is 3. The van der Waals surface area contributed by atoms with Gasteiger partial charge < -0.3 is 20.2 Å². The number of anilines is 1. The van der Waals surface area contributed by atoms with E-state index < -0.39 is 40.8 Å². The zero-order valence-electron chi connectivity index (χ0n) is 31.7. The molecule has 0 unspecified atom stereocenters. The average molecular weight is 932 g/mol. The van der Waals surface area contributed by atoms with Crippen molar-refractivity contribution in [1.29, 1.82) is 0 Å². The average Bonchev–Trinajstić information content (AvgIpc) is 3.76. The van der Waals surface area contributed by atoms with Crippen LogP contribution in [-0.4, -0.2) is 62.1 Å². The van der Waals surface area contributed by atoms with Crippen LogP contribution >= 0.6 is 45.7 Å². The first-order valence-electron chi connectivity index (χ1n) is 18.8. The Morgan fingerprint density at radius 1 is 0.831 bits per heavy atom. The van der Waals surface area contributed by atoms with Crippen LogP contribution in [0.25, 0.3) is 0 Å². The van der Waals surface area contributed by atoms with Crippen molar-refractivity contribution >= 4 is 74.3 Å². The van der Waals surface area contributed by atoms with Gasteiger partial charge in [-0.25, -0.2) is 9.78 Å². The fourth-order valence-electron chi connectivity index (χ4n) is 7.41. The smallest absolute Gasteiger partial charge is 0.356 e. The van der Waals surface area contributed by atoms with Crippen molar-refractivity contribution in [3.05, 3.63) is 202 Å². The number of oxime groups is 1. The summed E-state index contributed by atoms with van der Waals surface area (Å²) in [6, 6.07) is 48.5. The number of hydrogen-bond donors (Lipinski definition) is 2. The lowest BCUT2D eigenvalue weighted by Gasteiger charge is -2.49. The van der Waals surface area contributed by atoms with Crippen molar-refractivity contribution in [2.45, 2.75) is 23.1 Å². The number of fused-ring (bicyclic) bond motifs is 1. The summed E-state index contributed by atoms with van der Waals surface area (Å²) in [5, 5.41) is 12.4. The second kappa shape index (κ2) is 18.0. The van der Waals surface area contributed by atoms with Crippen LogP contribution in [0.15, 0.2) is 173 Å². The number of rotatable bonds is 14. The molecule has 0 saturated carbocycles. The summed E-state index contributed by atoms with van der Waals surface area (Å²) in [7, 11) is 1.35. The maximum absolute atomic E-state index is 14.1. The fourth-order valence-corrected chi connectivity index (χ4v) is 10.5. The van der Waals surface area contributed by atoms with Crippen molar-refractivity contribution in [2.75, 3.05) is 22.6 Å². The van der Waals surface area contributed by atoms with E-state index in [-0.39, 0.29) is 17.1 Å². The van der Waals surface area contributed by atoms with E-state index in [9.17, 15) is 14.4 Å². The van der Waals surface area contributed by atoms with Crippen molar-refractivity contribution in [3.63, 3.8) is 0 Å². The molecule has 0 spiro atoms. The van der Waals surface area contributed by atoms with Gasteiger partial charge in [0.05, 0.1) is 0 Å². The van der Waals surface area contributed by atoms with Gasteiger partial charge >= 0.3 is 5.97 Å². The lowest BCUT2D eigenvalue weighted by atomic mass is 9.77. The zero-order valence-corrected chi connectivity index (χ0v) is 35.5. The Balaban J connectivity index is 1.03. The van der Waals surface area contributed by atoms with Crippen molar-refractivity contribution < 1.29 is 24.0 Å².